The molecule has 4 heterocycles. The highest BCUT2D eigenvalue weighted by Crippen LogP contribution is 2.43. The topological polar surface area (TPSA) is 49.1 Å². The van der Waals surface area contributed by atoms with Crippen molar-refractivity contribution in [3.05, 3.63) is 120 Å². The first-order valence-electron chi connectivity index (χ1n) is 12.5. The van der Waals surface area contributed by atoms with Crippen molar-refractivity contribution in [2.75, 3.05) is 19.6 Å². The quantitative estimate of drug-likeness (QED) is 0.339. The molecule has 5 heteroatoms. The van der Waals surface area contributed by atoms with Crippen molar-refractivity contribution in [1.82, 2.24) is 4.98 Å². The fourth-order valence-electron chi connectivity index (χ4n) is 5.88. The molecule has 3 fully saturated rings. The van der Waals surface area contributed by atoms with Gasteiger partial charge in [0.05, 0.1) is 31.1 Å². The van der Waals surface area contributed by atoms with Crippen LogP contribution in [0.5, 0.6) is 0 Å². The lowest BCUT2D eigenvalue weighted by Gasteiger charge is -2.52. The third kappa shape index (κ3) is 4.33. The smallest absolute Gasteiger partial charge is 0.193 e. The Balaban J connectivity index is 1.27. The van der Waals surface area contributed by atoms with Gasteiger partial charge in [0.2, 0.25) is 0 Å². The largest absolute Gasteiger partial charge is 0.836 e. The van der Waals surface area contributed by atoms with Gasteiger partial charge in [-0.15, -0.1) is 11.8 Å². The summed E-state index contributed by atoms with van der Waals surface area (Å²) in [4.78, 5) is 5.93. The van der Waals surface area contributed by atoms with E-state index in [9.17, 15) is 5.11 Å². The second-order valence-corrected chi connectivity index (χ2v) is 11.3. The molecule has 1 unspecified atom stereocenters. The van der Waals surface area contributed by atoms with Crippen molar-refractivity contribution in [3.63, 3.8) is 0 Å². The molecule has 4 aromatic rings. The molecule has 2 bridgehead atoms. The highest BCUT2D eigenvalue weighted by Gasteiger charge is 2.46. The lowest BCUT2D eigenvalue weighted by Crippen LogP contribution is -2.62. The molecule has 3 aliphatic heterocycles. The minimum absolute atomic E-state index is 0.227. The molecule has 0 radical (unpaired) electrons. The molecule has 3 saturated heterocycles. The number of fused-ring (bicyclic) bond motifs is 3. The average molecular weight is 483 g/mol. The molecule has 0 N–H and O–H groups in total. The Labute approximate surface area is 211 Å². The maximum absolute atomic E-state index is 14.5. The fourth-order valence-corrected chi connectivity index (χ4v) is 7.40. The van der Waals surface area contributed by atoms with Crippen LogP contribution in [0.1, 0.15) is 35.6 Å². The van der Waals surface area contributed by atoms with Crippen LogP contribution in [0.25, 0.3) is 0 Å². The molecule has 0 saturated carbocycles. The highest BCUT2D eigenvalue weighted by molar-refractivity contribution is 8.00. The lowest BCUT2D eigenvalue weighted by molar-refractivity contribution is -0.954. The molecule has 4 nitrogen and oxygen atoms in total. The predicted octanol–water partition coefficient (Wildman–Crippen LogP) is 5.23. The van der Waals surface area contributed by atoms with E-state index < -0.39 is 5.60 Å². The van der Waals surface area contributed by atoms with Gasteiger partial charge in [-0.2, -0.15) is 0 Å². The monoisotopic (exact) mass is 482 g/mol. The van der Waals surface area contributed by atoms with Gasteiger partial charge >= 0.3 is 0 Å². The van der Waals surface area contributed by atoms with Gasteiger partial charge in [0.25, 0.3) is 0 Å². The Morgan fingerprint density at radius 2 is 1.43 bits per heavy atom. The maximum atomic E-state index is 14.5. The van der Waals surface area contributed by atoms with Crippen molar-refractivity contribution in [2.45, 2.75) is 35.1 Å². The van der Waals surface area contributed by atoms with Gasteiger partial charge < -0.3 is 14.0 Å². The van der Waals surface area contributed by atoms with E-state index >= 15 is 0 Å². The van der Waals surface area contributed by atoms with Crippen LogP contribution in [0.4, 0.5) is 0 Å². The number of oxazole rings is 1. The summed E-state index contributed by atoms with van der Waals surface area (Å²) in [6, 6.07) is 29.7. The van der Waals surface area contributed by atoms with E-state index in [1.165, 1.54) is 30.8 Å². The summed E-state index contributed by atoms with van der Waals surface area (Å²) in [5, 5.41) is 15.1. The van der Waals surface area contributed by atoms with Crippen LogP contribution in [-0.2, 0) is 12.1 Å². The summed E-state index contributed by atoms with van der Waals surface area (Å²) in [7, 11) is 0. The van der Waals surface area contributed by atoms with Crippen LogP contribution in [-0.4, -0.2) is 34.4 Å². The lowest BCUT2D eigenvalue weighted by atomic mass is 9.85. The number of hydrogen-bond donors (Lipinski definition) is 0. The average Bonchev–Trinajstić information content (AvgIpc) is 3.39. The molecular weight excluding hydrogens is 452 g/mol. The van der Waals surface area contributed by atoms with E-state index in [1.807, 2.05) is 72.4 Å². The third-order valence-corrected chi connectivity index (χ3v) is 9.16. The first-order valence-corrected chi connectivity index (χ1v) is 13.4. The Bertz CT molecular complexity index is 1210. The zero-order chi connectivity index (χ0) is 23.7. The van der Waals surface area contributed by atoms with E-state index in [1.54, 1.807) is 6.20 Å². The van der Waals surface area contributed by atoms with Crippen LogP contribution < -0.4 is 5.11 Å². The number of quaternary nitrogens is 1. The maximum Gasteiger partial charge on any atom is 0.193 e. The third-order valence-electron chi connectivity index (χ3n) is 7.78. The van der Waals surface area contributed by atoms with Gasteiger partial charge in [0.15, 0.2) is 11.7 Å². The standard InChI is InChI=1S/C30H30N2O2S/c33-30(24-10-4-1-5-11-24,25-12-6-2-7-13-25)29-31-20-26(34-29)21-32-18-16-23(17-19-32)28(22-32)35-27-14-8-3-9-15-27/h1-15,20,23,28H,16-19,21-22H2. The van der Waals surface area contributed by atoms with Crippen LogP contribution in [0, 0.1) is 5.92 Å². The fraction of sp³-hybridized carbons (Fsp3) is 0.300. The Morgan fingerprint density at radius 1 is 0.857 bits per heavy atom. The van der Waals surface area contributed by atoms with E-state index in [4.69, 9.17) is 4.42 Å². The first kappa shape index (κ1) is 22.6. The minimum atomic E-state index is -1.68. The molecule has 1 aromatic heterocycles. The van der Waals surface area contributed by atoms with E-state index in [0.29, 0.717) is 16.4 Å². The number of aromatic nitrogens is 1. The summed E-state index contributed by atoms with van der Waals surface area (Å²) in [5.41, 5.74) is -0.393. The van der Waals surface area contributed by atoms with Crippen LogP contribution in [0.15, 0.2) is 107 Å². The summed E-state index contributed by atoms with van der Waals surface area (Å²) in [5.74, 6) is 1.83. The highest BCUT2D eigenvalue weighted by atomic mass is 32.2. The van der Waals surface area contributed by atoms with Crippen molar-refractivity contribution >= 4 is 11.8 Å². The zero-order valence-electron chi connectivity index (χ0n) is 19.8. The van der Waals surface area contributed by atoms with Crippen LogP contribution in [0.2, 0.25) is 0 Å². The van der Waals surface area contributed by atoms with Crippen molar-refractivity contribution < 1.29 is 14.0 Å². The molecule has 35 heavy (non-hydrogen) atoms. The van der Waals surface area contributed by atoms with Gasteiger partial charge in [0, 0.05) is 23.3 Å². The van der Waals surface area contributed by atoms with Crippen LogP contribution >= 0.6 is 11.8 Å². The number of thioether (sulfide) groups is 1. The van der Waals surface area contributed by atoms with Crippen LogP contribution in [0.3, 0.4) is 0 Å². The van der Waals surface area contributed by atoms with E-state index in [0.717, 1.165) is 29.3 Å². The molecule has 178 valence electrons. The number of nitrogens with zero attached hydrogens (tertiary/aromatic N) is 2. The summed E-state index contributed by atoms with van der Waals surface area (Å²) in [6.07, 6.45) is 4.30. The molecule has 7 rings (SSSR count). The Hall–Kier alpha value is -2.86. The first-order chi connectivity index (χ1) is 17.1. The molecule has 1 atom stereocenters. The number of benzene rings is 3. The number of hydrogen-bond acceptors (Lipinski definition) is 4. The van der Waals surface area contributed by atoms with Crippen molar-refractivity contribution in [2.24, 2.45) is 5.92 Å². The molecule has 3 aromatic carbocycles. The van der Waals surface area contributed by atoms with Gasteiger partial charge in [-0.25, -0.2) is 4.98 Å². The van der Waals surface area contributed by atoms with Gasteiger partial charge in [-0.05, 0) is 29.2 Å². The molecule has 0 spiro atoms. The summed E-state index contributed by atoms with van der Waals surface area (Å²) in [6.45, 7) is 4.28. The molecule has 0 aliphatic carbocycles. The number of rotatable bonds is 7. The van der Waals surface area contributed by atoms with E-state index in [-0.39, 0.29) is 5.89 Å². The van der Waals surface area contributed by atoms with Crippen molar-refractivity contribution in [3.8, 4) is 0 Å². The molecule has 3 aliphatic rings. The SMILES string of the molecule is [O-]C(c1ccccc1)(c1ccccc1)c1ncc(C[N+]23CCC(CC2)C(Sc2ccccc2)C3)o1. The second kappa shape index (κ2) is 9.30. The molecular formula is C30H30N2O2S. The summed E-state index contributed by atoms with van der Waals surface area (Å²) < 4.78 is 7.34. The second-order valence-electron chi connectivity index (χ2n) is 9.98. The predicted molar refractivity (Wildman–Crippen MR) is 137 cm³/mol. The van der Waals surface area contributed by atoms with Gasteiger partial charge in [-0.1, -0.05) is 78.9 Å². The normalized spacial score (nSPS) is 23.9. The minimum Gasteiger partial charge on any atom is -0.836 e. The Kier molecular flexibility index (Phi) is 6.01. The van der Waals surface area contributed by atoms with Gasteiger partial charge in [-0.3, -0.25) is 0 Å². The zero-order valence-corrected chi connectivity index (χ0v) is 20.6. The number of piperidine rings is 3. The van der Waals surface area contributed by atoms with Gasteiger partial charge in [0.1, 0.15) is 6.54 Å². The van der Waals surface area contributed by atoms with E-state index in [2.05, 4.69) is 35.3 Å². The Morgan fingerprint density at radius 3 is 2.03 bits per heavy atom. The molecule has 0 amide bonds. The summed E-state index contributed by atoms with van der Waals surface area (Å²) >= 11 is 2.03. The van der Waals surface area contributed by atoms with Crippen molar-refractivity contribution in [1.29, 1.82) is 0 Å².